The van der Waals surface area contributed by atoms with E-state index in [0.29, 0.717) is 57.9 Å². The lowest BCUT2D eigenvalue weighted by Gasteiger charge is -2.34. The molecule has 2 aliphatic heterocycles. The van der Waals surface area contributed by atoms with E-state index in [1.165, 1.54) is 17.0 Å². The van der Waals surface area contributed by atoms with Crippen LogP contribution in [0.3, 0.4) is 0 Å². The van der Waals surface area contributed by atoms with Crippen LogP contribution in [0.15, 0.2) is 36.4 Å². The maximum absolute atomic E-state index is 13.7. The van der Waals surface area contributed by atoms with E-state index in [1.807, 2.05) is 19.6 Å². The molecule has 0 spiro atoms. The molecule has 0 aliphatic carbocycles. The molecular formula is C48H75N9O13. The Labute approximate surface area is 411 Å². The number of rotatable bonds is 20. The van der Waals surface area contributed by atoms with Crippen molar-refractivity contribution in [1.29, 1.82) is 0 Å². The standard InChI is InChI=1S/C48H75N9O13/c1-46(2,3)68-43(65)32-53-22-20-52(21-23-54(33-44(66)69-47(4,5)6)25-27-55(26-24-53)34-45(67)70-48(7,8)9)30-38(60)50-16-18-56(42(64)28-35-10-12-36(58)13-11-35)31-39(61)51-29-37(59)49-17-19-57-40(62)14-15-41(57)63/h10-15,58H,16-34H2,1-9H3,(H,49,59)(H,50,60)(H,51,61). The monoisotopic (exact) mass is 986 g/mol. The lowest BCUT2D eigenvalue weighted by atomic mass is 10.1. The molecule has 0 bridgehead atoms. The van der Waals surface area contributed by atoms with Crippen LogP contribution in [-0.2, 0) is 63.8 Å². The molecule has 4 N–H and O–H groups in total. The summed E-state index contributed by atoms with van der Waals surface area (Å²) in [5, 5.41) is 17.6. The van der Waals surface area contributed by atoms with E-state index in [2.05, 4.69) is 16.0 Å². The van der Waals surface area contributed by atoms with Crippen molar-refractivity contribution >= 4 is 53.4 Å². The van der Waals surface area contributed by atoms with E-state index >= 15 is 0 Å². The Bertz CT molecular complexity index is 1940. The van der Waals surface area contributed by atoms with Crippen LogP contribution < -0.4 is 16.0 Å². The van der Waals surface area contributed by atoms with E-state index in [0.717, 1.165) is 17.1 Å². The maximum Gasteiger partial charge on any atom is 0.320 e. The van der Waals surface area contributed by atoms with Crippen molar-refractivity contribution in [3.05, 3.63) is 42.0 Å². The third kappa shape index (κ3) is 24.5. The van der Waals surface area contributed by atoms with Gasteiger partial charge in [-0.15, -0.1) is 0 Å². The summed E-state index contributed by atoms with van der Waals surface area (Å²) >= 11 is 0. The molecule has 22 heteroatoms. The zero-order valence-corrected chi connectivity index (χ0v) is 42.4. The minimum absolute atomic E-state index is 0.00872. The molecule has 0 aromatic heterocycles. The van der Waals surface area contributed by atoms with Gasteiger partial charge in [0.15, 0.2) is 0 Å². The molecule has 0 radical (unpaired) electrons. The Morgan fingerprint density at radius 2 is 0.957 bits per heavy atom. The van der Waals surface area contributed by atoms with Crippen molar-refractivity contribution in [3.8, 4) is 5.75 Å². The highest BCUT2D eigenvalue weighted by Crippen LogP contribution is 2.13. The fourth-order valence-electron chi connectivity index (χ4n) is 7.09. The summed E-state index contributed by atoms with van der Waals surface area (Å²) in [6.45, 7) is 17.5. The number of carbonyl (C=O) groups excluding carboxylic acids is 9. The minimum Gasteiger partial charge on any atom is -0.508 e. The first-order valence-electron chi connectivity index (χ1n) is 23.6. The van der Waals surface area contributed by atoms with E-state index < -0.39 is 83.2 Å². The molecule has 390 valence electrons. The molecule has 3 rings (SSSR count). The summed E-state index contributed by atoms with van der Waals surface area (Å²) in [6.07, 6.45) is 2.13. The van der Waals surface area contributed by atoms with Gasteiger partial charge in [0.1, 0.15) is 22.6 Å². The molecule has 2 aliphatic rings. The maximum atomic E-state index is 13.7. The van der Waals surface area contributed by atoms with Gasteiger partial charge < -0.3 is 40.2 Å². The van der Waals surface area contributed by atoms with Gasteiger partial charge in [-0.3, -0.25) is 67.7 Å². The summed E-state index contributed by atoms with van der Waals surface area (Å²) in [6, 6.07) is 5.99. The van der Waals surface area contributed by atoms with Crippen molar-refractivity contribution in [2.24, 2.45) is 0 Å². The number of hydrogen-bond donors (Lipinski definition) is 4. The highest BCUT2D eigenvalue weighted by molar-refractivity contribution is 6.12. The van der Waals surface area contributed by atoms with Crippen LogP contribution in [0, 0.1) is 0 Å². The van der Waals surface area contributed by atoms with Gasteiger partial charge in [0, 0.05) is 90.7 Å². The average molecular weight is 986 g/mol. The first kappa shape index (κ1) is 58.3. The van der Waals surface area contributed by atoms with Crippen LogP contribution in [-0.4, -0.2) is 222 Å². The second-order valence-corrected chi connectivity index (χ2v) is 20.2. The summed E-state index contributed by atoms with van der Waals surface area (Å²) in [5.74, 6) is -4.36. The second-order valence-electron chi connectivity index (χ2n) is 20.2. The predicted molar refractivity (Wildman–Crippen MR) is 257 cm³/mol. The predicted octanol–water partition coefficient (Wildman–Crippen LogP) is -0.716. The van der Waals surface area contributed by atoms with Crippen LogP contribution in [0.1, 0.15) is 67.9 Å². The fraction of sp³-hybridized carbons (Fsp3) is 0.646. The number of phenolic OH excluding ortho intramolecular Hbond substituents is 1. The molecule has 0 saturated carbocycles. The van der Waals surface area contributed by atoms with Crippen LogP contribution in [0.5, 0.6) is 5.75 Å². The number of imide groups is 1. The van der Waals surface area contributed by atoms with Crippen LogP contribution in [0.25, 0.3) is 0 Å². The fourth-order valence-corrected chi connectivity index (χ4v) is 7.09. The van der Waals surface area contributed by atoms with Crippen molar-refractivity contribution in [1.82, 2.24) is 45.3 Å². The van der Waals surface area contributed by atoms with E-state index in [1.54, 1.807) is 74.4 Å². The van der Waals surface area contributed by atoms with Crippen molar-refractivity contribution in [2.75, 3.05) is 118 Å². The first-order chi connectivity index (χ1) is 32.6. The molecule has 0 atom stereocenters. The normalized spacial score (nSPS) is 16.2. The summed E-state index contributed by atoms with van der Waals surface area (Å²) < 4.78 is 16.9. The molecule has 1 fully saturated rings. The Balaban J connectivity index is 1.73. The molecule has 22 nitrogen and oxygen atoms in total. The lowest BCUT2D eigenvalue weighted by Crippen LogP contribution is -2.51. The molecule has 1 saturated heterocycles. The van der Waals surface area contributed by atoms with Gasteiger partial charge in [-0.05, 0) is 80.0 Å². The molecule has 6 amide bonds. The summed E-state index contributed by atoms with van der Waals surface area (Å²) in [4.78, 5) is 125. The van der Waals surface area contributed by atoms with E-state index in [9.17, 15) is 48.3 Å². The van der Waals surface area contributed by atoms with Crippen LogP contribution in [0.4, 0.5) is 0 Å². The smallest absolute Gasteiger partial charge is 0.320 e. The third-order valence-electron chi connectivity index (χ3n) is 10.3. The minimum atomic E-state index is -0.722. The number of carbonyl (C=O) groups is 9. The number of aromatic hydroxyl groups is 1. The van der Waals surface area contributed by atoms with Crippen molar-refractivity contribution < 1.29 is 62.5 Å². The SMILES string of the molecule is CC(C)(C)OC(=O)CN1CCN(CC(=O)NCCN(CC(=O)NCC(=O)NCCN2C(=O)C=CC2=O)C(=O)Cc2ccc(O)cc2)CCN(CC(=O)OC(C)(C)C)CCN(CC(=O)OC(C)(C)C)CC1. The van der Waals surface area contributed by atoms with Gasteiger partial charge in [-0.25, -0.2) is 0 Å². The zero-order valence-electron chi connectivity index (χ0n) is 42.4. The first-order valence-corrected chi connectivity index (χ1v) is 23.6. The highest BCUT2D eigenvalue weighted by atomic mass is 16.6. The molecule has 0 unspecified atom stereocenters. The van der Waals surface area contributed by atoms with E-state index in [4.69, 9.17) is 14.2 Å². The number of esters is 3. The zero-order chi connectivity index (χ0) is 52.2. The Morgan fingerprint density at radius 1 is 0.557 bits per heavy atom. The number of ether oxygens (including phenoxy) is 3. The quantitative estimate of drug-likeness (QED) is 0.0715. The molecule has 1 aromatic carbocycles. The topological polar surface area (TPSA) is 257 Å². The van der Waals surface area contributed by atoms with E-state index in [-0.39, 0.29) is 64.5 Å². The molecule has 2 heterocycles. The number of phenols is 1. The highest BCUT2D eigenvalue weighted by Gasteiger charge is 2.27. The second kappa shape index (κ2) is 27.4. The summed E-state index contributed by atoms with van der Waals surface area (Å²) in [5.41, 5.74) is -1.58. The number of benzene rings is 1. The number of nitrogens with zero attached hydrogens (tertiary/aromatic N) is 6. The molecule has 1 aromatic rings. The van der Waals surface area contributed by atoms with Gasteiger partial charge >= 0.3 is 17.9 Å². The third-order valence-corrected chi connectivity index (χ3v) is 10.3. The van der Waals surface area contributed by atoms with Gasteiger partial charge in [-0.2, -0.15) is 0 Å². The summed E-state index contributed by atoms with van der Waals surface area (Å²) in [7, 11) is 0. The number of hydrogen-bond acceptors (Lipinski definition) is 17. The van der Waals surface area contributed by atoms with Gasteiger partial charge in [0.05, 0.1) is 45.7 Å². The van der Waals surface area contributed by atoms with Gasteiger partial charge in [0.2, 0.25) is 23.6 Å². The van der Waals surface area contributed by atoms with Crippen LogP contribution >= 0.6 is 0 Å². The number of amides is 6. The largest absolute Gasteiger partial charge is 0.508 e. The van der Waals surface area contributed by atoms with Gasteiger partial charge in [-0.1, -0.05) is 12.1 Å². The average Bonchev–Trinajstić information content (AvgIpc) is 3.54. The Hall–Kier alpha value is -5.97. The molecular weight excluding hydrogens is 911 g/mol. The Morgan fingerprint density at radius 3 is 1.37 bits per heavy atom. The van der Waals surface area contributed by atoms with Crippen molar-refractivity contribution in [2.45, 2.75) is 85.5 Å². The Kier molecular flexibility index (Phi) is 22.9. The molecule has 70 heavy (non-hydrogen) atoms. The number of nitrogens with one attached hydrogen (secondary N) is 3. The van der Waals surface area contributed by atoms with Crippen molar-refractivity contribution in [3.63, 3.8) is 0 Å². The van der Waals surface area contributed by atoms with Gasteiger partial charge in [0.25, 0.3) is 11.8 Å². The van der Waals surface area contributed by atoms with Crippen LogP contribution in [0.2, 0.25) is 0 Å². The lowest BCUT2D eigenvalue weighted by molar-refractivity contribution is -0.158.